The van der Waals surface area contributed by atoms with E-state index in [1.165, 1.54) is 26.2 Å². The minimum Gasteiger partial charge on any atom is -0.376 e. The van der Waals surface area contributed by atoms with Crippen molar-refractivity contribution in [1.82, 2.24) is 4.31 Å². The highest BCUT2D eigenvalue weighted by atomic mass is 32.2. The molecule has 1 aliphatic rings. The molecule has 1 heterocycles. The van der Waals surface area contributed by atoms with Crippen molar-refractivity contribution in [2.75, 3.05) is 50.3 Å². The summed E-state index contributed by atoms with van der Waals surface area (Å²) >= 11 is 0. The molecule has 2 N–H and O–H groups in total. The van der Waals surface area contributed by atoms with E-state index in [9.17, 15) is 18.0 Å². The van der Waals surface area contributed by atoms with Gasteiger partial charge >= 0.3 is 0 Å². The van der Waals surface area contributed by atoms with Gasteiger partial charge in [-0.25, -0.2) is 12.7 Å². The monoisotopic (exact) mass is 460 g/mol. The van der Waals surface area contributed by atoms with Crippen molar-refractivity contribution in [1.29, 1.82) is 0 Å². The molecular formula is C22H28N4O5S. The fraction of sp³-hybridized carbons (Fsp3) is 0.364. The van der Waals surface area contributed by atoms with Crippen LogP contribution in [-0.4, -0.2) is 65.4 Å². The summed E-state index contributed by atoms with van der Waals surface area (Å²) in [4.78, 5) is 27.1. The van der Waals surface area contributed by atoms with Crippen LogP contribution >= 0.6 is 0 Å². The zero-order chi connectivity index (χ0) is 23.5. The molecule has 1 fully saturated rings. The Morgan fingerprint density at radius 2 is 1.78 bits per heavy atom. The molecule has 0 radical (unpaired) electrons. The van der Waals surface area contributed by atoms with Crippen molar-refractivity contribution in [3.63, 3.8) is 0 Å². The maximum absolute atomic E-state index is 13.0. The molecule has 0 saturated carbocycles. The van der Waals surface area contributed by atoms with Gasteiger partial charge < -0.3 is 20.3 Å². The highest BCUT2D eigenvalue weighted by molar-refractivity contribution is 7.89. The lowest BCUT2D eigenvalue weighted by Gasteiger charge is -2.20. The fourth-order valence-corrected chi connectivity index (χ4v) is 4.24. The zero-order valence-electron chi connectivity index (χ0n) is 18.6. The molecule has 1 unspecified atom stereocenters. The van der Waals surface area contributed by atoms with Gasteiger partial charge in [-0.3, -0.25) is 9.59 Å². The predicted molar refractivity (Wildman–Crippen MR) is 124 cm³/mol. The van der Waals surface area contributed by atoms with Gasteiger partial charge in [0.2, 0.25) is 10.0 Å². The SMILES string of the molecule is CN(C)c1ccc(S(=O)(=O)N(C)C)cc1NC(=O)c1cccc(NC(=O)C2CCCO2)c1. The number of amides is 2. The van der Waals surface area contributed by atoms with Crippen LogP contribution in [0.3, 0.4) is 0 Å². The lowest BCUT2D eigenvalue weighted by Crippen LogP contribution is -2.27. The Morgan fingerprint density at radius 3 is 2.41 bits per heavy atom. The molecule has 1 aliphatic heterocycles. The van der Waals surface area contributed by atoms with Gasteiger partial charge in [0.25, 0.3) is 11.8 Å². The molecule has 32 heavy (non-hydrogen) atoms. The van der Waals surface area contributed by atoms with Crippen LogP contribution in [-0.2, 0) is 19.6 Å². The molecule has 3 rings (SSSR count). The largest absolute Gasteiger partial charge is 0.376 e. The van der Waals surface area contributed by atoms with Crippen molar-refractivity contribution < 1.29 is 22.7 Å². The van der Waals surface area contributed by atoms with E-state index in [1.54, 1.807) is 49.3 Å². The second kappa shape index (κ2) is 9.68. The normalized spacial score (nSPS) is 16.1. The van der Waals surface area contributed by atoms with Crippen LogP contribution in [0.5, 0.6) is 0 Å². The third kappa shape index (κ3) is 5.26. The van der Waals surface area contributed by atoms with E-state index >= 15 is 0 Å². The van der Waals surface area contributed by atoms with Crippen LogP contribution in [0.2, 0.25) is 0 Å². The minimum atomic E-state index is -3.67. The van der Waals surface area contributed by atoms with Crippen LogP contribution in [0, 0.1) is 0 Å². The molecule has 2 aromatic rings. The van der Waals surface area contributed by atoms with Crippen LogP contribution in [0.25, 0.3) is 0 Å². The van der Waals surface area contributed by atoms with E-state index in [0.717, 1.165) is 10.7 Å². The summed E-state index contributed by atoms with van der Waals surface area (Å²) in [5.41, 5.74) is 1.81. The second-order valence-electron chi connectivity index (χ2n) is 7.89. The third-order valence-electron chi connectivity index (χ3n) is 5.09. The smallest absolute Gasteiger partial charge is 0.255 e. The fourth-order valence-electron chi connectivity index (χ4n) is 3.32. The number of hydrogen-bond donors (Lipinski definition) is 2. The molecule has 10 heteroatoms. The number of ether oxygens (including phenoxy) is 1. The first-order valence-electron chi connectivity index (χ1n) is 10.2. The number of nitrogens with one attached hydrogen (secondary N) is 2. The summed E-state index contributed by atoms with van der Waals surface area (Å²) in [5, 5.41) is 5.57. The van der Waals surface area contributed by atoms with Gasteiger partial charge in [0.1, 0.15) is 6.10 Å². The summed E-state index contributed by atoms with van der Waals surface area (Å²) in [6.45, 7) is 0.567. The standard InChI is InChI=1S/C22H28N4O5S/c1-25(2)19-11-10-17(32(29,30)26(3)4)14-18(19)24-21(27)15-7-5-8-16(13-15)23-22(28)20-9-6-12-31-20/h5,7-8,10-11,13-14,20H,6,9,12H2,1-4H3,(H,23,28)(H,24,27). The quantitative estimate of drug-likeness (QED) is 0.657. The van der Waals surface area contributed by atoms with Crippen molar-refractivity contribution in [3.8, 4) is 0 Å². The van der Waals surface area contributed by atoms with Crippen LogP contribution in [0.4, 0.5) is 17.1 Å². The first kappa shape index (κ1) is 23.7. The third-order valence-corrected chi connectivity index (χ3v) is 6.90. The number of benzene rings is 2. The van der Waals surface area contributed by atoms with E-state index in [4.69, 9.17) is 4.74 Å². The van der Waals surface area contributed by atoms with Gasteiger partial charge in [-0.15, -0.1) is 0 Å². The molecule has 172 valence electrons. The Bertz CT molecular complexity index is 1110. The molecule has 1 atom stereocenters. The molecule has 1 saturated heterocycles. The van der Waals surface area contributed by atoms with Crippen molar-refractivity contribution in [2.45, 2.75) is 23.8 Å². The molecule has 2 amide bonds. The van der Waals surface area contributed by atoms with Gasteiger partial charge in [0.15, 0.2) is 0 Å². The van der Waals surface area contributed by atoms with E-state index in [1.807, 2.05) is 0 Å². The molecule has 0 aromatic heterocycles. The molecule has 0 bridgehead atoms. The topological polar surface area (TPSA) is 108 Å². The first-order valence-corrected chi connectivity index (χ1v) is 11.6. The van der Waals surface area contributed by atoms with Crippen LogP contribution in [0.15, 0.2) is 47.4 Å². The number of sulfonamides is 1. The van der Waals surface area contributed by atoms with Crippen LogP contribution < -0.4 is 15.5 Å². The Balaban J connectivity index is 1.84. The molecular weight excluding hydrogens is 432 g/mol. The summed E-state index contributed by atoms with van der Waals surface area (Å²) in [6.07, 6.45) is 1.04. The Labute approximate surface area is 188 Å². The summed E-state index contributed by atoms with van der Waals surface area (Å²) in [6, 6.07) is 11.1. The zero-order valence-corrected chi connectivity index (χ0v) is 19.4. The van der Waals surface area contributed by atoms with Crippen LogP contribution in [0.1, 0.15) is 23.2 Å². The number of hydrogen-bond acceptors (Lipinski definition) is 6. The molecule has 2 aromatic carbocycles. The highest BCUT2D eigenvalue weighted by Gasteiger charge is 2.24. The number of anilines is 3. The number of carbonyl (C=O) groups is 2. The van der Waals surface area contributed by atoms with Gasteiger partial charge in [-0.05, 0) is 49.2 Å². The van der Waals surface area contributed by atoms with Gasteiger partial charge in [-0.1, -0.05) is 6.07 Å². The number of nitrogens with zero attached hydrogens (tertiary/aromatic N) is 2. The average Bonchev–Trinajstić information content (AvgIpc) is 3.28. The van der Waals surface area contributed by atoms with Gasteiger partial charge in [0.05, 0.1) is 16.3 Å². The average molecular weight is 461 g/mol. The Morgan fingerprint density at radius 1 is 1.03 bits per heavy atom. The summed E-state index contributed by atoms with van der Waals surface area (Å²) in [5.74, 6) is -0.669. The molecule has 0 aliphatic carbocycles. The minimum absolute atomic E-state index is 0.0703. The van der Waals surface area contributed by atoms with Crippen molar-refractivity contribution >= 4 is 38.9 Å². The molecule has 0 spiro atoms. The van der Waals surface area contributed by atoms with Gasteiger partial charge in [-0.2, -0.15) is 0 Å². The first-order chi connectivity index (χ1) is 15.1. The maximum Gasteiger partial charge on any atom is 0.255 e. The Kier molecular flexibility index (Phi) is 7.17. The maximum atomic E-state index is 13.0. The summed E-state index contributed by atoms with van der Waals surface area (Å²) in [7, 11) is 2.83. The highest BCUT2D eigenvalue weighted by Crippen LogP contribution is 2.29. The molecule has 9 nitrogen and oxygen atoms in total. The lowest BCUT2D eigenvalue weighted by atomic mass is 10.1. The van der Waals surface area contributed by atoms with E-state index in [2.05, 4.69) is 10.6 Å². The number of rotatable bonds is 7. The predicted octanol–water partition coefficient (Wildman–Crippen LogP) is 2.37. The number of carbonyl (C=O) groups excluding carboxylic acids is 2. The van der Waals surface area contributed by atoms with E-state index in [0.29, 0.717) is 35.7 Å². The second-order valence-corrected chi connectivity index (χ2v) is 10.0. The summed E-state index contributed by atoms with van der Waals surface area (Å²) < 4.78 is 31.6. The van der Waals surface area contributed by atoms with Crippen molar-refractivity contribution in [3.05, 3.63) is 48.0 Å². The lowest BCUT2D eigenvalue weighted by molar-refractivity contribution is -0.124. The Hall–Kier alpha value is -2.95. The van der Waals surface area contributed by atoms with Crippen molar-refractivity contribution in [2.24, 2.45) is 0 Å². The van der Waals surface area contributed by atoms with Gasteiger partial charge in [0, 0.05) is 46.0 Å². The van der Waals surface area contributed by atoms with E-state index in [-0.39, 0.29) is 10.8 Å². The van der Waals surface area contributed by atoms with E-state index < -0.39 is 22.0 Å².